The number of carboxylic acid groups (broad SMARTS) is 1. The minimum atomic E-state index is -1.57. The van der Waals surface area contributed by atoms with Crippen LogP contribution in [0.4, 0.5) is 8.78 Å². The Kier molecular flexibility index (Phi) is 2.53. The van der Waals surface area contributed by atoms with Gasteiger partial charge in [-0.2, -0.15) is 0 Å². The van der Waals surface area contributed by atoms with Crippen molar-refractivity contribution in [1.29, 1.82) is 0 Å². The highest BCUT2D eigenvalue weighted by Gasteiger charge is 2.28. The molecule has 0 aliphatic heterocycles. The third kappa shape index (κ3) is 1.72. The molecule has 5 heteroatoms. The molecule has 76 valence electrons. The Balaban J connectivity index is 3.21. The fourth-order valence-electron chi connectivity index (χ4n) is 0.957. The van der Waals surface area contributed by atoms with Crippen LogP contribution in [0.5, 0.6) is 0 Å². The molecule has 0 aliphatic carbocycles. The van der Waals surface area contributed by atoms with Gasteiger partial charge in [0, 0.05) is 12.5 Å². The molecule has 3 N–H and O–H groups in total. The van der Waals surface area contributed by atoms with E-state index in [0.717, 1.165) is 12.1 Å². The number of benzene rings is 1. The lowest BCUT2D eigenvalue weighted by Crippen LogP contribution is -2.75. The average Bonchev–Trinajstić information content (AvgIpc) is 2.09. The summed E-state index contributed by atoms with van der Waals surface area (Å²) < 4.78 is 25.3. The average molecular weight is 201 g/mol. The number of halogens is 2. The Hall–Kier alpha value is -1.49. The number of carbonyl (C=O) groups excluding carboxylic acids is 1. The monoisotopic (exact) mass is 201 g/mol. The van der Waals surface area contributed by atoms with Crippen molar-refractivity contribution >= 4 is 5.97 Å². The second-order valence-electron chi connectivity index (χ2n) is 3.25. The summed E-state index contributed by atoms with van der Waals surface area (Å²) in [6.07, 6.45) is 0. The summed E-state index contributed by atoms with van der Waals surface area (Å²) in [5.74, 6) is -3.56. The van der Waals surface area contributed by atoms with Crippen molar-refractivity contribution in [3.63, 3.8) is 0 Å². The molecule has 1 aromatic rings. The zero-order chi connectivity index (χ0) is 10.9. The summed E-state index contributed by atoms with van der Waals surface area (Å²) in [5, 5.41) is 10.6. The maximum atomic E-state index is 12.8. The molecular weight excluding hydrogens is 192 g/mol. The van der Waals surface area contributed by atoms with Crippen LogP contribution in [0, 0.1) is 11.6 Å². The quantitative estimate of drug-likeness (QED) is 0.678. The Morgan fingerprint density at radius 2 is 2.00 bits per heavy atom. The van der Waals surface area contributed by atoms with Crippen LogP contribution in [-0.2, 0) is 10.3 Å². The van der Waals surface area contributed by atoms with Gasteiger partial charge in [0.05, 0.1) is 0 Å². The number of hydrogen-bond acceptors (Lipinski definition) is 2. The Labute approximate surface area is 79.2 Å². The van der Waals surface area contributed by atoms with E-state index in [4.69, 9.17) is 0 Å². The number of hydrogen-bond donors (Lipinski definition) is 1. The van der Waals surface area contributed by atoms with E-state index in [1.54, 1.807) is 0 Å². The van der Waals surface area contributed by atoms with Gasteiger partial charge in [0.25, 0.3) is 0 Å². The van der Waals surface area contributed by atoms with Crippen molar-refractivity contribution in [2.75, 3.05) is 0 Å². The second kappa shape index (κ2) is 3.34. The molecule has 0 aliphatic rings. The smallest absolute Gasteiger partial charge is 0.159 e. The molecule has 14 heavy (non-hydrogen) atoms. The van der Waals surface area contributed by atoms with E-state index in [2.05, 4.69) is 5.73 Å². The van der Waals surface area contributed by atoms with E-state index >= 15 is 0 Å². The van der Waals surface area contributed by atoms with Crippen molar-refractivity contribution < 1.29 is 24.4 Å². The fraction of sp³-hybridized carbons (Fsp3) is 0.222. The summed E-state index contributed by atoms with van der Waals surface area (Å²) in [6, 6.07) is 2.83. The van der Waals surface area contributed by atoms with Gasteiger partial charge in [0.1, 0.15) is 5.97 Å². The zero-order valence-corrected chi connectivity index (χ0v) is 7.51. The standard InChI is InChI=1S/C9H9F2NO2/c1-9(12,8(13)14)5-2-3-6(10)7(11)4-5/h2-4H,12H2,1H3,(H,13,14)/t9-/m1/s1. The van der Waals surface area contributed by atoms with E-state index in [1.165, 1.54) is 13.0 Å². The first-order valence-corrected chi connectivity index (χ1v) is 3.88. The van der Waals surface area contributed by atoms with Crippen molar-refractivity contribution in [1.82, 2.24) is 0 Å². The number of carboxylic acids is 1. The lowest BCUT2D eigenvalue weighted by atomic mass is 9.93. The largest absolute Gasteiger partial charge is 0.543 e. The van der Waals surface area contributed by atoms with Gasteiger partial charge in [-0.25, -0.2) is 8.78 Å². The highest BCUT2D eigenvalue weighted by atomic mass is 19.2. The number of carbonyl (C=O) groups is 1. The first-order chi connectivity index (χ1) is 6.35. The molecule has 0 radical (unpaired) electrons. The maximum Gasteiger partial charge on any atom is 0.159 e. The van der Waals surface area contributed by atoms with Crippen LogP contribution in [-0.4, -0.2) is 5.97 Å². The van der Waals surface area contributed by atoms with Gasteiger partial charge in [0.2, 0.25) is 0 Å². The molecule has 3 nitrogen and oxygen atoms in total. The molecule has 0 heterocycles. The Morgan fingerprint density at radius 1 is 1.43 bits per heavy atom. The van der Waals surface area contributed by atoms with Crippen LogP contribution in [0.15, 0.2) is 18.2 Å². The van der Waals surface area contributed by atoms with Crippen molar-refractivity contribution in [3.05, 3.63) is 35.4 Å². The molecule has 0 aromatic heterocycles. The second-order valence-corrected chi connectivity index (χ2v) is 3.25. The Morgan fingerprint density at radius 3 is 2.43 bits per heavy atom. The fourth-order valence-corrected chi connectivity index (χ4v) is 0.957. The van der Waals surface area contributed by atoms with Gasteiger partial charge in [-0.05, 0) is 18.2 Å². The number of aliphatic carboxylic acids is 1. The minimum Gasteiger partial charge on any atom is -0.543 e. The van der Waals surface area contributed by atoms with Gasteiger partial charge >= 0.3 is 0 Å². The molecule has 1 atom stereocenters. The summed E-state index contributed by atoms with van der Waals surface area (Å²) in [4.78, 5) is 10.6. The van der Waals surface area contributed by atoms with Crippen LogP contribution in [0.1, 0.15) is 12.5 Å². The van der Waals surface area contributed by atoms with Gasteiger partial charge in [-0.15, -0.1) is 0 Å². The molecule has 0 saturated heterocycles. The number of quaternary nitrogens is 1. The highest BCUT2D eigenvalue weighted by Crippen LogP contribution is 2.17. The summed E-state index contributed by atoms with van der Waals surface area (Å²) in [7, 11) is 0. The van der Waals surface area contributed by atoms with Crippen molar-refractivity contribution in [3.8, 4) is 0 Å². The van der Waals surface area contributed by atoms with Crippen LogP contribution >= 0.6 is 0 Å². The molecule has 0 saturated carbocycles. The van der Waals surface area contributed by atoms with Gasteiger partial charge < -0.3 is 15.6 Å². The lowest BCUT2D eigenvalue weighted by Gasteiger charge is -2.22. The first-order valence-electron chi connectivity index (χ1n) is 3.88. The predicted octanol–water partition coefficient (Wildman–Crippen LogP) is -0.828. The van der Waals surface area contributed by atoms with Crippen molar-refractivity contribution in [2.45, 2.75) is 12.5 Å². The molecular formula is C9H9F2NO2. The topological polar surface area (TPSA) is 67.8 Å². The third-order valence-corrected chi connectivity index (χ3v) is 2.01. The van der Waals surface area contributed by atoms with E-state index in [1.807, 2.05) is 0 Å². The van der Waals surface area contributed by atoms with E-state index < -0.39 is 23.1 Å². The first kappa shape index (κ1) is 10.6. The summed E-state index contributed by atoms with van der Waals surface area (Å²) >= 11 is 0. The van der Waals surface area contributed by atoms with Gasteiger partial charge in [-0.1, -0.05) is 0 Å². The van der Waals surface area contributed by atoms with Crippen LogP contribution in [0.2, 0.25) is 0 Å². The summed E-state index contributed by atoms with van der Waals surface area (Å²) in [5.41, 5.74) is 1.85. The number of rotatable bonds is 2. The summed E-state index contributed by atoms with van der Waals surface area (Å²) in [6.45, 7) is 1.26. The van der Waals surface area contributed by atoms with Gasteiger partial charge in [-0.3, -0.25) is 0 Å². The molecule has 0 bridgehead atoms. The van der Waals surface area contributed by atoms with Gasteiger partial charge in [0.15, 0.2) is 17.2 Å². The molecule has 0 spiro atoms. The zero-order valence-electron chi connectivity index (χ0n) is 7.51. The molecule has 0 fully saturated rings. The van der Waals surface area contributed by atoms with Crippen molar-refractivity contribution in [2.24, 2.45) is 0 Å². The van der Waals surface area contributed by atoms with E-state index in [9.17, 15) is 18.7 Å². The van der Waals surface area contributed by atoms with Crippen LogP contribution in [0.25, 0.3) is 0 Å². The SMILES string of the molecule is C[C@]([NH3+])(C(=O)[O-])c1ccc(F)c(F)c1. The maximum absolute atomic E-state index is 12.8. The Bertz CT molecular complexity index is 377. The third-order valence-electron chi connectivity index (χ3n) is 2.01. The molecule has 1 aromatic carbocycles. The van der Waals surface area contributed by atoms with E-state index in [-0.39, 0.29) is 5.56 Å². The lowest BCUT2D eigenvalue weighted by molar-refractivity contribution is -0.489. The minimum absolute atomic E-state index is 0.0661. The van der Waals surface area contributed by atoms with Crippen LogP contribution < -0.4 is 10.8 Å². The molecule has 0 amide bonds. The normalized spacial score (nSPS) is 14.9. The van der Waals surface area contributed by atoms with E-state index in [0.29, 0.717) is 0 Å². The molecule has 0 unspecified atom stereocenters. The highest BCUT2D eigenvalue weighted by molar-refractivity contribution is 5.76. The van der Waals surface area contributed by atoms with Crippen LogP contribution in [0.3, 0.4) is 0 Å². The predicted molar refractivity (Wildman–Crippen MR) is 41.6 cm³/mol. The molecule has 1 rings (SSSR count).